The van der Waals surface area contributed by atoms with E-state index < -0.39 is 5.25 Å². The van der Waals surface area contributed by atoms with Crippen molar-refractivity contribution in [1.82, 2.24) is 5.32 Å². The number of carbonyl (C=O) groups is 2. The molecule has 8 heteroatoms. The Hall–Kier alpha value is -2.07. The normalized spacial score (nSPS) is 17.5. The molecule has 0 spiro atoms. The first-order valence-electron chi connectivity index (χ1n) is 8.71. The molecule has 1 aliphatic rings. The molecule has 2 amide bonds. The lowest BCUT2D eigenvalue weighted by molar-refractivity contribution is -0.122. The van der Waals surface area contributed by atoms with Gasteiger partial charge in [0.25, 0.3) is 0 Å². The van der Waals surface area contributed by atoms with Gasteiger partial charge < -0.3 is 15.5 Å². The van der Waals surface area contributed by atoms with E-state index in [9.17, 15) is 9.59 Å². The number of hydrogen-bond acceptors (Lipinski definition) is 5. The first-order chi connectivity index (χ1) is 13.3. The Labute approximate surface area is 182 Å². The molecule has 6 nitrogen and oxygen atoms in total. The van der Waals surface area contributed by atoms with Crippen molar-refractivity contribution in [3.05, 3.63) is 51.6 Å². The lowest BCUT2D eigenvalue weighted by Gasteiger charge is -2.11. The minimum absolute atomic E-state index is 0.0977. The number of amidine groups is 1. The third-order valence-corrected chi connectivity index (χ3v) is 5.96. The Balaban J connectivity index is 1.61. The van der Waals surface area contributed by atoms with Crippen molar-refractivity contribution < 1.29 is 9.59 Å². The second-order valence-electron chi connectivity index (χ2n) is 6.64. The number of benzene rings is 2. The summed E-state index contributed by atoms with van der Waals surface area (Å²) in [5, 5.41) is 5.68. The fourth-order valence-corrected chi connectivity index (χ4v) is 4.31. The van der Waals surface area contributed by atoms with Gasteiger partial charge in [-0.05, 0) is 77.5 Å². The highest BCUT2D eigenvalue weighted by Crippen LogP contribution is 2.27. The standard InChI is InChI=1S/C20H21IN4O2S/c1-12-10-13(21)4-9-16(12)23-18(26)11-17-19(27)24-20(28-17)22-14-5-7-15(8-6-14)25(2)3/h4-10,17H,11H2,1-3H3,(H,23,26)(H,22,24,27). The number of hydrogen-bond donors (Lipinski definition) is 2. The molecular weight excluding hydrogens is 487 g/mol. The van der Waals surface area contributed by atoms with E-state index in [1.165, 1.54) is 11.8 Å². The number of nitrogens with one attached hydrogen (secondary N) is 2. The average molecular weight is 508 g/mol. The molecule has 0 bridgehead atoms. The zero-order valence-electron chi connectivity index (χ0n) is 15.8. The molecule has 2 N–H and O–H groups in total. The zero-order valence-corrected chi connectivity index (χ0v) is 18.8. The fourth-order valence-electron chi connectivity index (χ4n) is 2.67. The number of rotatable bonds is 5. The van der Waals surface area contributed by atoms with E-state index in [4.69, 9.17) is 0 Å². The van der Waals surface area contributed by atoms with Gasteiger partial charge in [0, 0.05) is 35.5 Å². The van der Waals surface area contributed by atoms with Crippen LogP contribution in [0.1, 0.15) is 12.0 Å². The zero-order chi connectivity index (χ0) is 20.3. The second kappa shape index (κ2) is 8.95. The third kappa shape index (κ3) is 5.26. The Bertz CT molecular complexity index is 928. The Morgan fingerprint density at radius 3 is 2.61 bits per heavy atom. The van der Waals surface area contributed by atoms with E-state index in [1.807, 2.05) is 68.4 Å². The molecule has 0 aromatic heterocycles. The maximum absolute atomic E-state index is 12.4. The summed E-state index contributed by atoms with van der Waals surface area (Å²) in [7, 11) is 3.95. The summed E-state index contributed by atoms with van der Waals surface area (Å²) in [6, 6.07) is 13.5. The van der Waals surface area contributed by atoms with Crippen molar-refractivity contribution in [2.24, 2.45) is 4.99 Å². The number of nitrogens with zero attached hydrogens (tertiary/aromatic N) is 2. The molecule has 2 aromatic rings. The molecular formula is C20H21IN4O2S. The predicted molar refractivity (Wildman–Crippen MR) is 125 cm³/mol. The van der Waals surface area contributed by atoms with E-state index in [0.29, 0.717) is 5.17 Å². The van der Waals surface area contributed by atoms with E-state index in [-0.39, 0.29) is 18.2 Å². The smallest absolute Gasteiger partial charge is 0.240 e. The van der Waals surface area contributed by atoms with Gasteiger partial charge >= 0.3 is 0 Å². The van der Waals surface area contributed by atoms with Crippen LogP contribution in [0.15, 0.2) is 47.5 Å². The molecule has 28 heavy (non-hydrogen) atoms. The highest BCUT2D eigenvalue weighted by molar-refractivity contribution is 14.1. The Morgan fingerprint density at radius 2 is 1.96 bits per heavy atom. The van der Waals surface area contributed by atoms with Crippen LogP contribution in [0.5, 0.6) is 0 Å². The third-order valence-electron chi connectivity index (χ3n) is 4.21. The van der Waals surface area contributed by atoms with Crippen LogP contribution in [0.3, 0.4) is 0 Å². The number of aliphatic imine (C=N–C) groups is 1. The van der Waals surface area contributed by atoms with Crippen LogP contribution in [0.2, 0.25) is 0 Å². The highest BCUT2D eigenvalue weighted by atomic mass is 127. The summed E-state index contributed by atoms with van der Waals surface area (Å²) < 4.78 is 1.11. The van der Waals surface area contributed by atoms with E-state index in [1.54, 1.807) is 0 Å². The quantitative estimate of drug-likeness (QED) is 0.601. The molecule has 1 heterocycles. The average Bonchev–Trinajstić information content (AvgIpc) is 2.97. The van der Waals surface area contributed by atoms with Crippen LogP contribution >= 0.6 is 34.4 Å². The van der Waals surface area contributed by atoms with Crippen LogP contribution < -0.4 is 15.5 Å². The van der Waals surface area contributed by atoms with Crippen molar-refractivity contribution in [3.63, 3.8) is 0 Å². The number of aryl methyl sites for hydroxylation is 1. The first-order valence-corrected chi connectivity index (χ1v) is 10.7. The summed E-state index contributed by atoms with van der Waals surface area (Å²) in [6.45, 7) is 1.95. The van der Waals surface area contributed by atoms with Crippen molar-refractivity contribution in [2.75, 3.05) is 24.3 Å². The lowest BCUT2D eigenvalue weighted by atomic mass is 10.2. The highest BCUT2D eigenvalue weighted by Gasteiger charge is 2.32. The summed E-state index contributed by atoms with van der Waals surface area (Å²) in [4.78, 5) is 31.1. The molecule has 1 fully saturated rings. The molecule has 0 saturated carbocycles. The number of halogens is 1. The predicted octanol–water partition coefficient (Wildman–Crippen LogP) is 3.91. The summed E-state index contributed by atoms with van der Waals surface area (Å²) >= 11 is 3.52. The van der Waals surface area contributed by atoms with Gasteiger partial charge in [0.1, 0.15) is 5.25 Å². The fraction of sp³-hybridized carbons (Fsp3) is 0.250. The van der Waals surface area contributed by atoms with Crippen LogP contribution in [-0.4, -0.2) is 36.3 Å². The Kier molecular flexibility index (Phi) is 6.61. The number of thioether (sulfide) groups is 1. The Morgan fingerprint density at radius 1 is 1.25 bits per heavy atom. The SMILES string of the molecule is Cc1cc(I)ccc1NC(=O)CC1SC(=Nc2ccc(N(C)C)cc2)NC1=O. The van der Waals surface area contributed by atoms with Gasteiger partial charge in [-0.25, -0.2) is 4.99 Å². The lowest BCUT2D eigenvalue weighted by Crippen LogP contribution is -2.28. The van der Waals surface area contributed by atoms with Gasteiger partial charge in [0.2, 0.25) is 11.8 Å². The summed E-state index contributed by atoms with van der Waals surface area (Å²) in [6.07, 6.45) is 0.0977. The van der Waals surface area contributed by atoms with Gasteiger partial charge in [-0.3, -0.25) is 9.59 Å². The van der Waals surface area contributed by atoms with Crippen molar-refractivity contribution in [3.8, 4) is 0 Å². The molecule has 1 saturated heterocycles. The second-order valence-corrected chi connectivity index (χ2v) is 9.07. The van der Waals surface area contributed by atoms with Crippen molar-refractivity contribution >= 4 is 68.4 Å². The maximum atomic E-state index is 12.4. The molecule has 3 rings (SSSR count). The summed E-state index contributed by atoms with van der Waals surface area (Å²) in [5.74, 6) is -0.378. The van der Waals surface area contributed by atoms with Gasteiger partial charge in [0.05, 0.1) is 5.69 Å². The molecule has 1 aliphatic heterocycles. The molecule has 1 atom stereocenters. The molecule has 146 valence electrons. The molecule has 0 aliphatic carbocycles. The van der Waals surface area contributed by atoms with Crippen LogP contribution in [0.4, 0.5) is 17.1 Å². The minimum atomic E-state index is -0.482. The van der Waals surface area contributed by atoms with Gasteiger partial charge in [-0.15, -0.1) is 0 Å². The number of amides is 2. The number of anilines is 2. The molecule has 2 aromatic carbocycles. The van der Waals surface area contributed by atoms with E-state index in [0.717, 1.165) is 26.2 Å². The molecule has 1 unspecified atom stereocenters. The van der Waals surface area contributed by atoms with E-state index in [2.05, 4.69) is 38.2 Å². The maximum Gasteiger partial charge on any atom is 0.240 e. The number of carbonyl (C=O) groups excluding carboxylic acids is 2. The molecule has 0 radical (unpaired) electrons. The minimum Gasteiger partial charge on any atom is -0.378 e. The van der Waals surface area contributed by atoms with Gasteiger partial charge in [-0.2, -0.15) is 0 Å². The van der Waals surface area contributed by atoms with Gasteiger partial charge in [-0.1, -0.05) is 11.8 Å². The monoisotopic (exact) mass is 508 g/mol. The van der Waals surface area contributed by atoms with Crippen molar-refractivity contribution in [1.29, 1.82) is 0 Å². The van der Waals surface area contributed by atoms with Crippen LogP contribution in [-0.2, 0) is 9.59 Å². The summed E-state index contributed by atoms with van der Waals surface area (Å²) in [5.41, 5.74) is 3.59. The van der Waals surface area contributed by atoms with E-state index >= 15 is 0 Å². The van der Waals surface area contributed by atoms with Crippen LogP contribution in [0, 0.1) is 10.5 Å². The van der Waals surface area contributed by atoms with Gasteiger partial charge in [0.15, 0.2) is 5.17 Å². The topological polar surface area (TPSA) is 73.8 Å². The first kappa shape index (κ1) is 20.7. The largest absolute Gasteiger partial charge is 0.378 e. The van der Waals surface area contributed by atoms with Crippen LogP contribution in [0.25, 0.3) is 0 Å². The van der Waals surface area contributed by atoms with Crippen molar-refractivity contribution in [2.45, 2.75) is 18.6 Å².